The molecule has 0 aliphatic heterocycles. The summed E-state index contributed by atoms with van der Waals surface area (Å²) in [6.07, 6.45) is 5.17. The topological polar surface area (TPSA) is 47.3 Å². The fraction of sp³-hybridized carbons (Fsp3) is 0.625. The molecule has 2 rings (SSSR count). The van der Waals surface area contributed by atoms with E-state index in [9.17, 15) is 0 Å². The molecule has 0 saturated heterocycles. The van der Waals surface area contributed by atoms with Crippen molar-refractivity contribution < 1.29 is 4.74 Å². The van der Waals surface area contributed by atoms with E-state index < -0.39 is 0 Å². The van der Waals surface area contributed by atoms with Gasteiger partial charge in [0.05, 0.1) is 7.11 Å². The molecule has 1 aliphatic carbocycles. The van der Waals surface area contributed by atoms with Gasteiger partial charge in [0, 0.05) is 6.04 Å². The largest absolute Gasteiger partial charge is 0.497 e. The highest BCUT2D eigenvalue weighted by molar-refractivity contribution is 5.29. The summed E-state index contributed by atoms with van der Waals surface area (Å²) in [6.45, 7) is 4.73. The fourth-order valence-electron chi connectivity index (χ4n) is 3.39. The first kappa shape index (κ1) is 14.4. The minimum Gasteiger partial charge on any atom is -0.497 e. The Kier molecular flexibility index (Phi) is 4.48. The van der Waals surface area contributed by atoms with Crippen LogP contribution in [-0.2, 0) is 0 Å². The second-order valence-corrected chi connectivity index (χ2v) is 6.26. The van der Waals surface area contributed by atoms with Gasteiger partial charge in [0.15, 0.2) is 0 Å². The summed E-state index contributed by atoms with van der Waals surface area (Å²) in [6, 6.07) is 8.48. The van der Waals surface area contributed by atoms with E-state index in [-0.39, 0.29) is 6.04 Å². The van der Waals surface area contributed by atoms with E-state index >= 15 is 0 Å². The minimum absolute atomic E-state index is 0.223. The van der Waals surface area contributed by atoms with Crippen molar-refractivity contribution in [2.45, 2.75) is 45.6 Å². The van der Waals surface area contributed by atoms with Crippen molar-refractivity contribution in [1.82, 2.24) is 5.43 Å². The van der Waals surface area contributed by atoms with Crippen LogP contribution in [0.1, 0.15) is 51.1 Å². The number of hydrogen-bond acceptors (Lipinski definition) is 3. The lowest BCUT2D eigenvalue weighted by molar-refractivity contribution is 0.0982. The van der Waals surface area contributed by atoms with Gasteiger partial charge in [-0.15, -0.1) is 0 Å². The zero-order valence-electron chi connectivity index (χ0n) is 12.3. The Balaban J connectivity index is 2.22. The Morgan fingerprint density at radius 3 is 2.47 bits per heavy atom. The molecule has 2 atom stereocenters. The monoisotopic (exact) mass is 262 g/mol. The Morgan fingerprint density at radius 1 is 1.26 bits per heavy atom. The molecule has 0 radical (unpaired) electrons. The first-order valence-electron chi connectivity index (χ1n) is 7.18. The average molecular weight is 262 g/mol. The Hall–Kier alpha value is -1.06. The third-order valence-electron chi connectivity index (χ3n) is 4.65. The molecule has 106 valence electrons. The van der Waals surface area contributed by atoms with Gasteiger partial charge in [-0.05, 0) is 41.9 Å². The molecule has 0 amide bonds. The van der Waals surface area contributed by atoms with Gasteiger partial charge in [-0.25, -0.2) is 0 Å². The number of rotatable bonds is 4. The lowest BCUT2D eigenvalue weighted by atomic mass is 9.65. The van der Waals surface area contributed by atoms with E-state index in [1.54, 1.807) is 7.11 Å². The predicted octanol–water partition coefficient (Wildman–Crippen LogP) is 3.42. The van der Waals surface area contributed by atoms with Gasteiger partial charge in [-0.1, -0.05) is 38.8 Å². The molecule has 3 nitrogen and oxygen atoms in total. The van der Waals surface area contributed by atoms with E-state index in [0.29, 0.717) is 11.3 Å². The molecule has 2 unspecified atom stereocenters. The standard InChI is InChI=1S/C16H26N2O/c1-16(2)11-5-4-6-14(16)15(18-17)12-7-9-13(19-3)10-8-12/h7-10,14-15,18H,4-6,11,17H2,1-3H3. The van der Waals surface area contributed by atoms with Crippen molar-refractivity contribution in [2.75, 3.05) is 7.11 Å². The highest BCUT2D eigenvalue weighted by atomic mass is 16.5. The SMILES string of the molecule is COc1ccc(C(NN)C2CCCCC2(C)C)cc1. The summed E-state index contributed by atoms with van der Waals surface area (Å²) in [7, 11) is 1.69. The zero-order chi connectivity index (χ0) is 13.9. The second-order valence-electron chi connectivity index (χ2n) is 6.26. The number of methoxy groups -OCH3 is 1. The highest BCUT2D eigenvalue weighted by Gasteiger charge is 2.37. The van der Waals surface area contributed by atoms with E-state index in [1.165, 1.54) is 31.2 Å². The molecule has 0 aromatic heterocycles. The van der Waals surface area contributed by atoms with E-state index in [2.05, 4.69) is 31.4 Å². The van der Waals surface area contributed by atoms with Gasteiger partial charge >= 0.3 is 0 Å². The van der Waals surface area contributed by atoms with E-state index in [0.717, 1.165) is 5.75 Å². The first-order valence-corrected chi connectivity index (χ1v) is 7.18. The molecule has 1 aliphatic rings. The quantitative estimate of drug-likeness (QED) is 0.645. The van der Waals surface area contributed by atoms with Crippen LogP contribution in [0.3, 0.4) is 0 Å². The molecule has 1 aromatic carbocycles. The predicted molar refractivity (Wildman–Crippen MR) is 78.8 cm³/mol. The summed E-state index contributed by atoms with van der Waals surface area (Å²) in [5.41, 5.74) is 4.64. The molecule has 0 heterocycles. The van der Waals surface area contributed by atoms with Crippen LogP contribution >= 0.6 is 0 Å². The molecule has 0 bridgehead atoms. The molecule has 1 aromatic rings. The van der Waals surface area contributed by atoms with Gasteiger partial charge in [-0.3, -0.25) is 11.3 Å². The normalized spacial score (nSPS) is 23.9. The smallest absolute Gasteiger partial charge is 0.118 e. The number of nitrogens with one attached hydrogen (secondary N) is 1. The fourth-order valence-corrected chi connectivity index (χ4v) is 3.39. The summed E-state index contributed by atoms with van der Waals surface area (Å²) in [4.78, 5) is 0. The molecule has 3 heteroatoms. The van der Waals surface area contributed by atoms with Crippen molar-refractivity contribution in [3.63, 3.8) is 0 Å². The summed E-state index contributed by atoms with van der Waals surface area (Å²) in [5.74, 6) is 7.32. The van der Waals surface area contributed by atoms with Crippen molar-refractivity contribution >= 4 is 0 Å². The number of hydrazine groups is 1. The van der Waals surface area contributed by atoms with Gasteiger partial charge in [-0.2, -0.15) is 0 Å². The summed E-state index contributed by atoms with van der Waals surface area (Å²) >= 11 is 0. The van der Waals surface area contributed by atoms with E-state index in [1.807, 2.05) is 12.1 Å². The third kappa shape index (κ3) is 3.10. The summed E-state index contributed by atoms with van der Waals surface area (Å²) < 4.78 is 5.22. The van der Waals surface area contributed by atoms with Gasteiger partial charge in [0.2, 0.25) is 0 Å². The second kappa shape index (κ2) is 5.93. The number of benzene rings is 1. The minimum atomic E-state index is 0.223. The first-order chi connectivity index (χ1) is 9.08. The van der Waals surface area contributed by atoms with Crippen LogP contribution in [0.2, 0.25) is 0 Å². The molecular formula is C16H26N2O. The maximum atomic E-state index is 5.85. The molecule has 1 fully saturated rings. The van der Waals surface area contributed by atoms with Crippen LogP contribution in [0, 0.1) is 11.3 Å². The lowest BCUT2D eigenvalue weighted by Gasteiger charge is -2.43. The Morgan fingerprint density at radius 2 is 1.95 bits per heavy atom. The molecular weight excluding hydrogens is 236 g/mol. The molecule has 3 N–H and O–H groups in total. The van der Waals surface area contributed by atoms with Gasteiger partial charge < -0.3 is 4.74 Å². The average Bonchev–Trinajstić information content (AvgIpc) is 2.42. The molecule has 1 saturated carbocycles. The van der Waals surface area contributed by atoms with Crippen LogP contribution in [0.15, 0.2) is 24.3 Å². The van der Waals surface area contributed by atoms with Crippen LogP contribution in [0.25, 0.3) is 0 Å². The van der Waals surface area contributed by atoms with Crippen LogP contribution in [-0.4, -0.2) is 7.11 Å². The number of ether oxygens (including phenoxy) is 1. The highest BCUT2D eigenvalue weighted by Crippen LogP contribution is 2.46. The van der Waals surface area contributed by atoms with Gasteiger partial charge in [0.25, 0.3) is 0 Å². The van der Waals surface area contributed by atoms with Crippen LogP contribution < -0.4 is 16.0 Å². The third-order valence-corrected chi connectivity index (χ3v) is 4.65. The molecule has 19 heavy (non-hydrogen) atoms. The number of hydrogen-bond donors (Lipinski definition) is 2. The van der Waals surface area contributed by atoms with Crippen molar-refractivity contribution in [3.05, 3.63) is 29.8 Å². The number of nitrogens with two attached hydrogens (primary N) is 1. The van der Waals surface area contributed by atoms with Crippen LogP contribution in [0.5, 0.6) is 5.75 Å². The lowest BCUT2D eigenvalue weighted by Crippen LogP contribution is -2.41. The maximum Gasteiger partial charge on any atom is 0.118 e. The Bertz CT molecular complexity index is 400. The maximum absolute atomic E-state index is 5.85. The van der Waals surface area contributed by atoms with Crippen LogP contribution in [0.4, 0.5) is 0 Å². The molecule has 0 spiro atoms. The summed E-state index contributed by atoms with van der Waals surface area (Å²) in [5, 5.41) is 0. The zero-order valence-corrected chi connectivity index (χ0v) is 12.3. The Labute approximate surface area is 116 Å². The van der Waals surface area contributed by atoms with E-state index in [4.69, 9.17) is 10.6 Å². The van der Waals surface area contributed by atoms with Gasteiger partial charge in [0.1, 0.15) is 5.75 Å². The van der Waals surface area contributed by atoms with Crippen molar-refractivity contribution in [1.29, 1.82) is 0 Å². The van der Waals surface area contributed by atoms with Crippen molar-refractivity contribution in [3.8, 4) is 5.75 Å². The van der Waals surface area contributed by atoms with Crippen molar-refractivity contribution in [2.24, 2.45) is 17.2 Å².